The quantitative estimate of drug-likeness (QED) is 0.915. The topological polar surface area (TPSA) is 51.5 Å². The second kappa shape index (κ2) is 6.29. The second-order valence-corrected chi connectivity index (χ2v) is 4.46. The van der Waals surface area contributed by atoms with Crippen LogP contribution in [0.2, 0.25) is 5.22 Å². The van der Waals surface area contributed by atoms with E-state index in [0.717, 1.165) is 5.56 Å². The van der Waals surface area contributed by atoms with E-state index in [4.69, 9.17) is 20.8 Å². The summed E-state index contributed by atoms with van der Waals surface area (Å²) in [6.07, 6.45) is 0. The third-order valence-corrected chi connectivity index (χ3v) is 2.65. The summed E-state index contributed by atoms with van der Waals surface area (Å²) in [6.45, 7) is 2.23. The molecule has 1 aromatic carbocycles. The molecule has 0 spiro atoms. The maximum atomic E-state index is 11.6. The number of rotatable bonds is 5. The van der Waals surface area contributed by atoms with Gasteiger partial charge in [-0.15, -0.1) is 0 Å². The van der Waals surface area contributed by atoms with Crippen LogP contribution in [0.4, 0.5) is 0 Å². The molecule has 0 saturated heterocycles. The van der Waals surface area contributed by atoms with Crippen molar-refractivity contribution in [3.05, 3.63) is 52.9 Å². The van der Waals surface area contributed by atoms with Crippen LogP contribution in [0, 0.1) is 6.92 Å². The highest BCUT2D eigenvalue weighted by molar-refractivity contribution is 6.28. The van der Waals surface area contributed by atoms with Crippen molar-refractivity contribution < 1.29 is 13.9 Å². The summed E-state index contributed by atoms with van der Waals surface area (Å²) in [4.78, 5) is 11.6. The fraction of sp³-hybridized carbons (Fsp3) is 0.214. The van der Waals surface area contributed by atoms with Crippen molar-refractivity contribution in [1.82, 2.24) is 5.32 Å². The van der Waals surface area contributed by atoms with Crippen molar-refractivity contribution in [3.8, 4) is 5.75 Å². The molecule has 1 amide bonds. The van der Waals surface area contributed by atoms with Gasteiger partial charge in [0.2, 0.25) is 0 Å². The van der Waals surface area contributed by atoms with E-state index in [1.807, 2.05) is 31.2 Å². The molecule has 0 fully saturated rings. The van der Waals surface area contributed by atoms with E-state index in [9.17, 15) is 4.79 Å². The van der Waals surface area contributed by atoms with E-state index < -0.39 is 0 Å². The Morgan fingerprint density at radius 2 is 2.21 bits per heavy atom. The third kappa shape index (κ3) is 4.34. The van der Waals surface area contributed by atoms with E-state index in [0.29, 0.717) is 23.3 Å². The minimum absolute atomic E-state index is 0.0299. The summed E-state index contributed by atoms with van der Waals surface area (Å²) in [7, 11) is 0. The summed E-state index contributed by atoms with van der Waals surface area (Å²) in [5.41, 5.74) is 1.09. The Labute approximate surface area is 116 Å². The van der Waals surface area contributed by atoms with Crippen LogP contribution in [0.5, 0.6) is 5.75 Å². The largest absolute Gasteiger partial charge is 0.484 e. The molecule has 0 aliphatic carbocycles. The standard InChI is InChI=1S/C14H14ClNO3/c1-10-3-2-4-11(7-10)18-9-14(17)16-8-12-5-6-13(15)19-12/h2-7H,8-9H2,1H3,(H,16,17). The first-order valence-corrected chi connectivity index (χ1v) is 6.21. The van der Waals surface area contributed by atoms with Gasteiger partial charge in [0.05, 0.1) is 6.54 Å². The third-order valence-electron chi connectivity index (χ3n) is 2.45. The van der Waals surface area contributed by atoms with Gasteiger partial charge in [-0.25, -0.2) is 0 Å². The van der Waals surface area contributed by atoms with Gasteiger partial charge in [0, 0.05) is 0 Å². The Balaban J connectivity index is 1.75. The molecule has 19 heavy (non-hydrogen) atoms. The number of benzene rings is 1. The zero-order valence-corrected chi connectivity index (χ0v) is 11.2. The molecule has 5 heteroatoms. The molecule has 4 nitrogen and oxygen atoms in total. The van der Waals surface area contributed by atoms with Crippen molar-refractivity contribution in [3.63, 3.8) is 0 Å². The maximum absolute atomic E-state index is 11.6. The van der Waals surface area contributed by atoms with Gasteiger partial charge in [-0.05, 0) is 48.4 Å². The van der Waals surface area contributed by atoms with Crippen LogP contribution < -0.4 is 10.1 Å². The molecule has 0 bridgehead atoms. The van der Waals surface area contributed by atoms with E-state index >= 15 is 0 Å². The smallest absolute Gasteiger partial charge is 0.258 e. The zero-order chi connectivity index (χ0) is 13.7. The number of hydrogen-bond donors (Lipinski definition) is 1. The van der Waals surface area contributed by atoms with Gasteiger partial charge < -0.3 is 14.5 Å². The molecule has 1 aromatic heterocycles. The summed E-state index contributed by atoms with van der Waals surface area (Å²) in [5, 5.41) is 2.99. The highest BCUT2D eigenvalue weighted by atomic mass is 35.5. The van der Waals surface area contributed by atoms with E-state index in [1.165, 1.54) is 0 Å². The van der Waals surface area contributed by atoms with Gasteiger partial charge >= 0.3 is 0 Å². The van der Waals surface area contributed by atoms with Crippen molar-refractivity contribution in [2.45, 2.75) is 13.5 Å². The van der Waals surface area contributed by atoms with Gasteiger partial charge in [-0.1, -0.05) is 12.1 Å². The molecule has 0 unspecified atom stereocenters. The first kappa shape index (κ1) is 13.5. The number of furan rings is 1. The molecular weight excluding hydrogens is 266 g/mol. The fourth-order valence-corrected chi connectivity index (χ4v) is 1.70. The van der Waals surface area contributed by atoms with Crippen molar-refractivity contribution >= 4 is 17.5 Å². The highest BCUT2D eigenvalue weighted by Gasteiger charge is 2.05. The monoisotopic (exact) mass is 279 g/mol. The number of halogens is 1. The molecule has 0 aliphatic rings. The number of nitrogens with one attached hydrogen (secondary N) is 1. The Morgan fingerprint density at radius 1 is 1.37 bits per heavy atom. The van der Waals surface area contributed by atoms with Crippen LogP contribution >= 0.6 is 11.6 Å². The van der Waals surface area contributed by atoms with Crippen LogP contribution in [0.1, 0.15) is 11.3 Å². The number of hydrogen-bond acceptors (Lipinski definition) is 3. The first-order chi connectivity index (χ1) is 9.13. The molecule has 0 saturated carbocycles. The van der Waals surface area contributed by atoms with Crippen molar-refractivity contribution in [2.24, 2.45) is 0 Å². The first-order valence-electron chi connectivity index (χ1n) is 5.84. The lowest BCUT2D eigenvalue weighted by atomic mass is 10.2. The van der Waals surface area contributed by atoms with Crippen molar-refractivity contribution in [1.29, 1.82) is 0 Å². The SMILES string of the molecule is Cc1cccc(OCC(=O)NCc2ccc(Cl)o2)c1. The van der Waals surface area contributed by atoms with E-state index in [-0.39, 0.29) is 12.5 Å². The van der Waals surface area contributed by atoms with Crippen LogP contribution in [-0.2, 0) is 11.3 Å². The average molecular weight is 280 g/mol. The molecule has 0 radical (unpaired) electrons. The van der Waals surface area contributed by atoms with Gasteiger partial charge in [0.15, 0.2) is 11.8 Å². The molecule has 1 heterocycles. The number of carbonyl (C=O) groups is 1. The second-order valence-electron chi connectivity index (χ2n) is 4.09. The lowest BCUT2D eigenvalue weighted by Gasteiger charge is -2.07. The molecule has 0 aliphatic heterocycles. The summed E-state index contributed by atoms with van der Waals surface area (Å²) in [5.74, 6) is 1.07. The van der Waals surface area contributed by atoms with Crippen molar-refractivity contribution in [2.75, 3.05) is 6.61 Å². The number of amides is 1. The van der Waals surface area contributed by atoms with Gasteiger partial charge in [0.1, 0.15) is 11.5 Å². The lowest BCUT2D eigenvalue weighted by molar-refractivity contribution is -0.123. The van der Waals surface area contributed by atoms with E-state index in [1.54, 1.807) is 12.1 Å². The Morgan fingerprint density at radius 3 is 2.89 bits per heavy atom. The fourth-order valence-electron chi connectivity index (χ4n) is 1.54. The van der Waals surface area contributed by atoms with Crippen LogP contribution in [-0.4, -0.2) is 12.5 Å². The van der Waals surface area contributed by atoms with Gasteiger partial charge in [-0.2, -0.15) is 0 Å². The van der Waals surface area contributed by atoms with Crippen LogP contribution in [0.25, 0.3) is 0 Å². The molecular formula is C14H14ClNO3. The number of carbonyl (C=O) groups excluding carboxylic acids is 1. The summed E-state index contributed by atoms with van der Waals surface area (Å²) < 4.78 is 10.5. The molecule has 2 aromatic rings. The van der Waals surface area contributed by atoms with Crippen LogP contribution in [0.3, 0.4) is 0 Å². The number of ether oxygens (including phenoxy) is 1. The maximum Gasteiger partial charge on any atom is 0.258 e. The number of aryl methyl sites for hydroxylation is 1. The molecule has 2 rings (SSSR count). The zero-order valence-electron chi connectivity index (χ0n) is 10.5. The predicted molar refractivity (Wildman–Crippen MR) is 72.2 cm³/mol. The molecule has 0 atom stereocenters. The van der Waals surface area contributed by atoms with Crippen LogP contribution in [0.15, 0.2) is 40.8 Å². The minimum atomic E-state index is -0.214. The Bertz CT molecular complexity index is 565. The highest BCUT2D eigenvalue weighted by Crippen LogP contribution is 2.13. The summed E-state index contributed by atoms with van der Waals surface area (Å²) >= 11 is 5.63. The van der Waals surface area contributed by atoms with E-state index in [2.05, 4.69) is 5.32 Å². The summed E-state index contributed by atoms with van der Waals surface area (Å²) in [6, 6.07) is 10.9. The normalized spacial score (nSPS) is 10.2. The molecule has 100 valence electrons. The van der Waals surface area contributed by atoms with Gasteiger partial charge in [0.25, 0.3) is 5.91 Å². The Kier molecular flexibility index (Phi) is 4.47. The molecule has 1 N–H and O–H groups in total. The Hall–Kier alpha value is -1.94. The predicted octanol–water partition coefficient (Wildman–Crippen LogP) is 2.94. The van der Waals surface area contributed by atoms with Gasteiger partial charge in [-0.3, -0.25) is 4.79 Å². The minimum Gasteiger partial charge on any atom is -0.484 e. The lowest BCUT2D eigenvalue weighted by Crippen LogP contribution is -2.28. The average Bonchev–Trinajstić information content (AvgIpc) is 2.80.